The number of carbonyl (C=O) groups is 2. The fourth-order valence-electron chi connectivity index (χ4n) is 2.34. The van der Waals surface area contributed by atoms with Gasteiger partial charge in [-0.2, -0.15) is 0 Å². The highest BCUT2D eigenvalue weighted by Gasteiger charge is 2.20. The zero-order valence-electron chi connectivity index (χ0n) is 13.3. The Labute approximate surface area is 138 Å². The molecule has 0 saturated carbocycles. The van der Waals surface area contributed by atoms with Crippen LogP contribution in [0.3, 0.4) is 0 Å². The van der Waals surface area contributed by atoms with Gasteiger partial charge in [0.15, 0.2) is 5.16 Å². The fraction of sp³-hybridized carbons (Fsp3) is 0.600. The predicted molar refractivity (Wildman–Crippen MR) is 86.3 cm³/mol. The summed E-state index contributed by atoms with van der Waals surface area (Å²) in [6.07, 6.45) is 1.99. The maximum atomic E-state index is 12.2. The molecule has 2 rings (SSSR count). The smallest absolute Gasteiger partial charge is 0.311 e. The average Bonchev–Trinajstić information content (AvgIpc) is 2.52. The van der Waals surface area contributed by atoms with Crippen molar-refractivity contribution in [1.82, 2.24) is 14.9 Å². The topological polar surface area (TPSA) is 92.4 Å². The van der Waals surface area contributed by atoms with Crippen LogP contribution in [0.2, 0.25) is 0 Å². The van der Waals surface area contributed by atoms with Crippen molar-refractivity contribution in [2.45, 2.75) is 31.3 Å². The van der Waals surface area contributed by atoms with E-state index in [1.807, 2.05) is 4.90 Å². The van der Waals surface area contributed by atoms with Crippen molar-refractivity contribution < 1.29 is 14.3 Å². The monoisotopic (exact) mass is 339 g/mol. The van der Waals surface area contributed by atoms with Gasteiger partial charge in [0.25, 0.3) is 5.56 Å². The minimum atomic E-state index is -0.461. The third-order valence-electron chi connectivity index (χ3n) is 3.79. The summed E-state index contributed by atoms with van der Waals surface area (Å²) >= 11 is 1.18. The SMILES string of the molecule is COC(=O)Cc1cc(=O)[nH]c(SCC(=O)N2CCC(C)CC2)n1. The summed E-state index contributed by atoms with van der Waals surface area (Å²) in [7, 11) is 1.28. The summed E-state index contributed by atoms with van der Waals surface area (Å²) < 4.78 is 4.56. The Balaban J connectivity index is 1.93. The van der Waals surface area contributed by atoms with Gasteiger partial charge in [-0.3, -0.25) is 14.4 Å². The summed E-state index contributed by atoms with van der Waals surface area (Å²) in [5.41, 5.74) is -0.0111. The molecular weight excluding hydrogens is 318 g/mol. The molecule has 0 aromatic carbocycles. The Morgan fingerprint density at radius 1 is 1.43 bits per heavy atom. The summed E-state index contributed by atoms with van der Waals surface area (Å²) in [5.74, 6) is 0.471. The van der Waals surface area contributed by atoms with Crippen LogP contribution < -0.4 is 5.56 Å². The first-order chi connectivity index (χ1) is 11.0. The molecule has 0 aliphatic carbocycles. The van der Waals surface area contributed by atoms with Crippen molar-refractivity contribution >= 4 is 23.6 Å². The molecular formula is C15H21N3O4S. The number of ether oxygens (including phenoxy) is 1. The van der Waals surface area contributed by atoms with E-state index < -0.39 is 5.97 Å². The Morgan fingerprint density at radius 2 is 2.13 bits per heavy atom. The van der Waals surface area contributed by atoms with Crippen molar-refractivity contribution in [3.8, 4) is 0 Å². The second-order valence-corrected chi connectivity index (χ2v) is 6.61. The Morgan fingerprint density at radius 3 is 2.78 bits per heavy atom. The number of nitrogens with one attached hydrogen (secondary N) is 1. The van der Waals surface area contributed by atoms with Crippen LogP contribution in [0.1, 0.15) is 25.5 Å². The number of aromatic amines is 1. The average molecular weight is 339 g/mol. The number of nitrogens with zero attached hydrogens (tertiary/aromatic N) is 2. The number of thioether (sulfide) groups is 1. The number of carbonyl (C=O) groups excluding carboxylic acids is 2. The van der Waals surface area contributed by atoms with Gasteiger partial charge in [-0.1, -0.05) is 18.7 Å². The number of methoxy groups -OCH3 is 1. The Bertz CT molecular complexity index is 623. The highest BCUT2D eigenvalue weighted by atomic mass is 32.2. The number of rotatable bonds is 5. The van der Waals surface area contributed by atoms with Crippen molar-refractivity contribution in [1.29, 1.82) is 0 Å². The van der Waals surface area contributed by atoms with Crippen molar-refractivity contribution in [3.05, 3.63) is 22.1 Å². The van der Waals surface area contributed by atoms with Crippen LogP contribution in [0.25, 0.3) is 0 Å². The van der Waals surface area contributed by atoms with Gasteiger partial charge in [0, 0.05) is 19.2 Å². The van der Waals surface area contributed by atoms with E-state index in [2.05, 4.69) is 21.6 Å². The maximum Gasteiger partial charge on any atom is 0.311 e. The lowest BCUT2D eigenvalue weighted by Gasteiger charge is -2.30. The van der Waals surface area contributed by atoms with Crippen LogP contribution in [0.5, 0.6) is 0 Å². The fourth-order valence-corrected chi connectivity index (χ4v) is 3.14. The minimum Gasteiger partial charge on any atom is -0.469 e. The first-order valence-corrected chi connectivity index (χ1v) is 8.54. The molecule has 0 unspecified atom stereocenters. The first kappa shape index (κ1) is 17.5. The summed E-state index contributed by atoms with van der Waals surface area (Å²) in [5, 5.41) is 0.343. The Kier molecular flexibility index (Phi) is 6.20. The molecule has 0 spiro atoms. The molecule has 1 saturated heterocycles. The van der Waals surface area contributed by atoms with Crippen LogP contribution in [0.4, 0.5) is 0 Å². The number of piperidine rings is 1. The van der Waals surface area contributed by atoms with E-state index in [0.29, 0.717) is 16.8 Å². The van der Waals surface area contributed by atoms with E-state index in [1.165, 1.54) is 24.9 Å². The lowest BCUT2D eigenvalue weighted by molar-refractivity contribution is -0.139. The summed E-state index contributed by atoms with van der Waals surface area (Å²) in [6.45, 7) is 3.76. The number of esters is 1. The second kappa shape index (κ2) is 8.14. The van der Waals surface area contributed by atoms with Gasteiger partial charge in [0.05, 0.1) is 25.0 Å². The molecule has 8 heteroatoms. The molecule has 2 heterocycles. The van der Waals surface area contributed by atoms with Crippen LogP contribution >= 0.6 is 11.8 Å². The van der Waals surface area contributed by atoms with E-state index in [4.69, 9.17) is 0 Å². The number of hydrogen-bond donors (Lipinski definition) is 1. The van der Waals surface area contributed by atoms with Gasteiger partial charge in [0.1, 0.15) is 0 Å². The van der Waals surface area contributed by atoms with E-state index in [1.54, 1.807) is 0 Å². The van der Waals surface area contributed by atoms with Gasteiger partial charge in [-0.25, -0.2) is 4.98 Å². The molecule has 7 nitrogen and oxygen atoms in total. The molecule has 1 amide bonds. The highest BCUT2D eigenvalue weighted by molar-refractivity contribution is 7.99. The third-order valence-corrected chi connectivity index (χ3v) is 4.65. The molecule has 0 bridgehead atoms. The van der Waals surface area contributed by atoms with Gasteiger partial charge in [-0.05, 0) is 18.8 Å². The molecule has 0 atom stereocenters. The standard InChI is InChI=1S/C15H21N3O4S/c1-10-3-5-18(6-4-10)13(20)9-23-15-16-11(7-12(19)17-15)8-14(21)22-2/h7,10H,3-6,8-9H2,1-2H3,(H,16,17,19). The van der Waals surface area contributed by atoms with Gasteiger partial charge < -0.3 is 14.6 Å². The number of amides is 1. The molecule has 1 aromatic heterocycles. The first-order valence-electron chi connectivity index (χ1n) is 7.55. The van der Waals surface area contributed by atoms with Crippen molar-refractivity contribution in [2.75, 3.05) is 26.0 Å². The molecule has 23 heavy (non-hydrogen) atoms. The molecule has 1 fully saturated rings. The van der Waals surface area contributed by atoms with Crippen LogP contribution in [-0.2, 0) is 20.7 Å². The maximum absolute atomic E-state index is 12.2. The Hall–Kier alpha value is -1.83. The van der Waals surface area contributed by atoms with E-state index in [0.717, 1.165) is 25.9 Å². The lowest BCUT2D eigenvalue weighted by Crippen LogP contribution is -2.38. The molecule has 1 aliphatic rings. The van der Waals surface area contributed by atoms with Gasteiger partial charge in [0.2, 0.25) is 5.91 Å². The van der Waals surface area contributed by atoms with E-state index >= 15 is 0 Å². The van der Waals surface area contributed by atoms with Gasteiger partial charge in [-0.15, -0.1) is 0 Å². The van der Waals surface area contributed by atoms with Crippen LogP contribution in [-0.4, -0.2) is 52.7 Å². The third kappa shape index (κ3) is 5.38. The normalized spacial score (nSPS) is 15.5. The van der Waals surface area contributed by atoms with Crippen LogP contribution in [0, 0.1) is 5.92 Å². The molecule has 126 valence electrons. The molecule has 0 radical (unpaired) electrons. The van der Waals surface area contributed by atoms with Crippen molar-refractivity contribution in [3.63, 3.8) is 0 Å². The number of H-pyrrole nitrogens is 1. The number of aromatic nitrogens is 2. The van der Waals surface area contributed by atoms with Gasteiger partial charge >= 0.3 is 5.97 Å². The minimum absolute atomic E-state index is 0.0444. The quantitative estimate of drug-likeness (QED) is 0.485. The van der Waals surface area contributed by atoms with E-state index in [9.17, 15) is 14.4 Å². The molecule has 1 aromatic rings. The predicted octanol–water partition coefficient (Wildman–Crippen LogP) is 0.836. The summed E-state index contributed by atoms with van der Waals surface area (Å²) in [4.78, 5) is 43.7. The summed E-state index contributed by atoms with van der Waals surface area (Å²) in [6, 6.07) is 1.26. The molecule has 1 N–H and O–H groups in total. The second-order valence-electron chi connectivity index (χ2n) is 5.65. The zero-order chi connectivity index (χ0) is 16.8. The highest BCUT2D eigenvalue weighted by Crippen LogP contribution is 2.18. The van der Waals surface area contributed by atoms with E-state index in [-0.39, 0.29) is 23.6 Å². The largest absolute Gasteiger partial charge is 0.469 e. The van der Waals surface area contributed by atoms with Crippen molar-refractivity contribution in [2.24, 2.45) is 5.92 Å². The lowest BCUT2D eigenvalue weighted by atomic mass is 9.99. The zero-order valence-corrected chi connectivity index (χ0v) is 14.1. The number of likely N-dealkylation sites (tertiary alicyclic amines) is 1. The molecule has 1 aliphatic heterocycles. The number of hydrogen-bond acceptors (Lipinski definition) is 6. The van der Waals surface area contributed by atoms with Crippen LogP contribution in [0.15, 0.2) is 16.0 Å².